The van der Waals surface area contributed by atoms with E-state index in [1.54, 1.807) is 19.9 Å². The molecule has 0 saturated heterocycles. The van der Waals surface area contributed by atoms with Gasteiger partial charge in [-0.3, -0.25) is 4.79 Å². The van der Waals surface area contributed by atoms with Crippen LogP contribution in [0, 0.1) is 0 Å². The molecule has 2 aromatic heterocycles. The zero-order chi connectivity index (χ0) is 22.9. The van der Waals surface area contributed by atoms with Gasteiger partial charge in [0.1, 0.15) is 17.0 Å². The molecule has 11 heteroatoms. The average molecular weight is 457 g/mol. The third-order valence-corrected chi connectivity index (χ3v) is 4.91. The predicted octanol–water partition coefficient (Wildman–Crippen LogP) is 4.29. The number of amides is 1. The van der Waals surface area contributed by atoms with Gasteiger partial charge in [0, 0.05) is 22.9 Å². The van der Waals surface area contributed by atoms with Crippen LogP contribution in [-0.2, 0) is 6.18 Å². The molecule has 0 bridgehead atoms. The number of pyridine rings is 1. The fraction of sp³-hybridized carbons (Fsp3) is 0.350. The van der Waals surface area contributed by atoms with Crippen molar-refractivity contribution in [3.8, 4) is 17.2 Å². The van der Waals surface area contributed by atoms with Crippen molar-refractivity contribution in [1.29, 1.82) is 0 Å². The first-order valence-electron chi connectivity index (χ1n) is 9.25. The van der Waals surface area contributed by atoms with Gasteiger partial charge >= 0.3 is 6.18 Å². The van der Waals surface area contributed by atoms with Crippen LogP contribution in [-0.4, -0.2) is 34.9 Å². The second kappa shape index (κ2) is 8.72. The van der Waals surface area contributed by atoms with Crippen molar-refractivity contribution in [2.75, 3.05) is 13.0 Å². The van der Waals surface area contributed by atoms with Gasteiger partial charge in [-0.2, -0.15) is 13.2 Å². The number of nitrogens with two attached hydrogens (primary N) is 1. The molecule has 0 aliphatic rings. The molecule has 1 aromatic carbocycles. The van der Waals surface area contributed by atoms with Gasteiger partial charge in [0.25, 0.3) is 5.91 Å². The molecule has 3 aromatic rings. The van der Waals surface area contributed by atoms with Crippen molar-refractivity contribution in [3.63, 3.8) is 0 Å². The molecule has 31 heavy (non-hydrogen) atoms. The largest absolute Gasteiger partial charge is 0.494 e. The van der Waals surface area contributed by atoms with Crippen molar-refractivity contribution in [2.45, 2.75) is 32.1 Å². The van der Waals surface area contributed by atoms with Gasteiger partial charge in [-0.15, -0.1) is 11.6 Å². The Bertz CT molecular complexity index is 1110. The number of rotatable bonds is 6. The van der Waals surface area contributed by atoms with Gasteiger partial charge in [0.05, 0.1) is 13.2 Å². The summed E-state index contributed by atoms with van der Waals surface area (Å²) < 4.78 is 50.3. The molecule has 0 spiro atoms. The maximum atomic E-state index is 13.1. The Kier molecular flexibility index (Phi) is 6.42. The third kappa shape index (κ3) is 4.59. The smallest absolute Gasteiger partial charge is 0.433 e. The first-order valence-corrected chi connectivity index (χ1v) is 9.78. The van der Waals surface area contributed by atoms with Crippen molar-refractivity contribution in [1.82, 2.24) is 15.3 Å². The molecule has 1 amide bonds. The Morgan fingerprint density at radius 2 is 1.97 bits per heavy atom. The highest BCUT2D eigenvalue weighted by atomic mass is 35.5. The Morgan fingerprint density at radius 3 is 2.55 bits per heavy atom. The van der Waals surface area contributed by atoms with Crippen LogP contribution in [0.3, 0.4) is 0 Å². The molecule has 2 atom stereocenters. The van der Waals surface area contributed by atoms with Gasteiger partial charge in [0.15, 0.2) is 11.5 Å². The molecule has 0 aliphatic heterocycles. The summed E-state index contributed by atoms with van der Waals surface area (Å²) in [7, 11) is 1.33. The molecule has 166 valence electrons. The summed E-state index contributed by atoms with van der Waals surface area (Å²) in [4.78, 5) is 20.6. The number of methoxy groups -OCH3 is 1. The SMILES string of the molecule is COc1ccc(-c2nc(C(=O)NC(C)CCl)c([C@H](C)N)o2)c2ccc(C(F)(F)F)nc12. The Hall–Kier alpha value is -2.85. The highest BCUT2D eigenvalue weighted by Crippen LogP contribution is 2.37. The summed E-state index contributed by atoms with van der Waals surface area (Å²) in [6, 6.07) is 4.16. The minimum atomic E-state index is -4.62. The van der Waals surface area contributed by atoms with Gasteiger partial charge < -0.3 is 20.2 Å². The second-order valence-corrected chi connectivity index (χ2v) is 7.26. The summed E-state index contributed by atoms with van der Waals surface area (Å²) in [5.74, 6) is -0.0212. The third-order valence-electron chi connectivity index (χ3n) is 4.45. The van der Waals surface area contributed by atoms with Crippen LogP contribution in [0.2, 0.25) is 0 Å². The number of alkyl halides is 4. The lowest BCUT2D eigenvalue weighted by atomic mass is 10.1. The van der Waals surface area contributed by atoms with Crippen molar-refractivity contribution < 1.29 is 27.1 Å². The van der Waals surface area contributed by atoms with Crippen LogP contribution >= 0.6 is 11.6 Å². The summed E-state index contributed by atoms with van der Waals surface area (Å²) in [5.41, 5.74) is 5.17. The van der Waals surface area contributed by atoms with Crippen molar-refractivity contribution >= 4 is 28.4 Å². The maximum absolute atomic E-state index is 13.1. The lowest BCUT2D eigenvalue weighted by molar-refractivity contribution is -0.140. The number of fused-ring (bicyclic) bond motifs is 1. The van der Waals surface area contributed by atoms with Gasteiger partial charge in [-0.05, 0) is 38.1 Å². The summed E-state index contributed by atoms with van der Waals surface area (Å²) in [5, 5.41) is 2.99. The molecular formula is C20H20ClF3N4O3. The van der Waals surface area contributed by atoms with E-state index in [9.17, 15) is 18.0 Å². The first kappa shape index (κ1) is 22.8. The molecule has 2 heterocycles. The van der Waals surface area contributed by atoms with E-state index in [0.29, 0.717) is 10.9 Å². The Labute approximate surface area is 180 Å². The standard InChI is InChI=1S/C20H20ClF3N4O3/c1-9(8-21)26-18(29)16-17(10(2)25)31-19(28-16)12-4-6-13(30-3)15-11(12)5-7-14(27-15)20(22,23)24/h4-7,9-10H,8,25H2,1-3H3,(H,26,29)/t9?,10-/m0/s1. The molecule has 7 nitrogen and oxygen atoms in total. The van der Waals surface area contributed by atoms with Crippen LogP contribution in [0.15, 0.2) is 28.7 Å². The van der Waals surface area contributed by atoms with Gasteiger partial charge in [-0.1, -0.05) is 0 Å². The average Bonchev–Trinajstić information content (AvgIpc) is 3.17. The number of nitrogens with zero attached hydrogens (tertiary/aromatic N) is 2. The minimum Gasteiger partial charge on any atom is -0.494 e. The second-order valence-electron chi connectivity index (χ2n) is 6.96. The molecule has 0 radical (unpaired) electrons. The van der Waals surface area contributed by atoms with Gasteiger partial charge in [0.2, 0.25) is 5.89 Å². The number of hydrogen-bond donors (Lipinski definition) is 2. The number of nitrogens with one attached hydrogen (secondary N) is 1. The number of ether oxygens (including phenoxy) is 1. The topological polar surface area (TPSA) is 103 Å². The van der Waals surface area contributed by atoms with E-state index in [2.05, 4.69) is 15.3 Å². The van der Waals surface area contributed by atoms with E-state index < -0.39 is 23.8 Å². The summed E-state index contributed by atoms with van der Waals surface area (Å²) >= 11 is 5.74. The van der Waals surface area contributed by atoms with Crippen LogP contribution in [0.25, 0.3) is 22.4 Å². The van der Waals surface area contributed by atoms with E-state index in [4.69, 9.17) is 26.5 Å². The van der Waals surface area contributed by atoms with Crippen LogP contribution < -0.4 is 15.8 Å². The van der Waals surface area contributed by atoms with E-state index in [0.717, 1.165) is 6.07 Å². The number of hydrogen-bond acceptors (Lipinski definition) is 6. The molecule has 0 fully saturated rings. The van der Waals surface area contributed by atoms with E-state index in [1.807, 2.05) is 0 Å². The Morgan fingerprint density at radius 1 is 1.26 bits per heavy atom. The van der Waals surface area contributed by atoms with Crippen LogP contribution in [0.4, 0.5) is 13.2 Å². The molecule has 0 aliphatic carbocycles. The lowest BCUT2D eigenvalue weighted by Crippen LogP contribution is -2.34. The molecular weight excluding hydrogens is 437 g/mol. The van der Waals surface area contributed by atoms with Crippen molar-refractivity contribution in [3.05, 3.63) is 41.4 Å². The molecule has 1 unspecified atom stereocenters. The summed E-state index contributed by atoms with van der Waals surface area (Å²) in [6.45, 7) is 3.34. The Balaban J connectivity index is 2.17. The minimum absolute atomic E-state index is 0.0165. The summed E-state index contributed by atoms with van der Waals surface area (Å²) in [6.07, 6.45) is -4.62. The molecule has 0 saturated carbocycles. The van der Waals surface area contributed by atoms with E-state index in [-0.39, 0.29) is 40.5 Å². The number of benzene rings is 1. The number of oxazole rings is 1. The van der Waals surface area contributed by atoms with Crippen molar-refractivity contribution in [2.24, 2.45) is 5.73 Å². The normalized spacial score (nSPS) is 13.8. The number of carbonyl (C=O) groups excluding carboxylic acids is 1. The fourth-order valence-electron chi connectivity index (χ4n) is 2.95. The molecule has 3 rings (SSSR count). The number of halogens is 4. The maximum Gasteiger partial charge on any atom is 0.433 e. The highest BCUT2D eigenvalue weighted by Gasteiger charge is 2.33. The predicted molar refractivity (Wildman–Crippen MR) is 109 cm³/mol. The fourth-order valence-corrected chi connectivity index (χ4v) is 3.03. The highest BCUT2D eigenvalue weighted by molar-refractivity contribution is 6.18. The number of aromatic nitrogens is 2. The number of carbonyl (C=O) groups is 1. The quantitative estimate of drug-likeness (QED) is 0.536. The monoisotopic (exact) mass is 456 g/mol. The van der Waals surface area contributed by atoms with Crippen LogP contribution in [0.1, 0.15) is 41.8 Å². The van der Waals surface area contributed by atoms with Gasteiger partial charge in [-0.25, -0.2) is 9.97 Å². The van der Waals surface area contributed by atoms with E-state index in [1.165, 1.54) is 19.2 Å². The van der Waals surface area contributed by atoms with E-state index >= 15 is 0 Å². The van der Waals surface area contributed by atoms with Crippen LogP contribution in [0.5, 0.6) is 5.75 Å². The first-order chi connectivity index (χ1) is 14.6. The zero-order valence-corrected chi connectivity index (χ0v) is 17.6. The lowest BCUT2D eigenvalue weighted by Gasteiger charge is -2.11. The zero-order valence-electron chi connectivity index (χ0n) is 16.9. The molecule has 3 N–H and O–H groups in total.